The molecule has 1 aromatic heterocycles. The molecule has 0 saturated heterocycles. The Balaban J connectivity index is 1.70. The van der Waals surface area contributed by atoms with Crippen LogP contribution < -0.4 is 5.32 Å². The van der Waals surface area contributed by atoms with Crippen LogP contribution in [0.15, 0.2) is 66.9 Å². The van der Waals surface area contributed by atoms with Gasteiger partial charge in [-0.25, -0.2) is 4.68 Å². The standard InChI is InChI=1S/C20H19N3O/c1-15-6-8-17(9-7-15)10-11-20(24)22-18-4-3-5-19(14-18)23-16(2)12-13-21-23/h3-14H,1-2H3,(H,22,24)/b11-10+. The van der Waals surface area contributed by atoms with E-state index in [0.29, 0.717) is 0 Å². The Hall–Kier alpha value is -3.14. The monoisotopic (exact) mass is 317 g/mol. The minimum Gasteiger partial charge on any atom is -0.322 e. The van der Waals surface area contributed by atoms with Gasteiger partial charge in [-0.3, -0.25) is 4.79 Å². The average molecular weight is 317 g/mol. The van der Waals surface area contributed by atoms with Crippen molar-refractivity contribution in [3.05, 3.63) is 83.7 Å². The van der Waals surface area contributed by atoms with Crippen LogP contribution in [-0.2, 0) is 4.79 Å². The number of aromatic nitrogens is 2. The zero-order chi connectivity index (χ0) is 16.9. The molecule has 4 heteroatoms. The summed E-state index contributed by atoms with van der Waals surface area (Å²) in [6.45, 7) is 4.02. The van der Waals surface area contributed by atoms with Crippen molar-refractivity contribution < 1.29 is 4.79 Å². The van der Waals surface area contributed by atoms with Gasteiger partial charge in [0.15, 0.2) is 0 Å². The van der Waals surface area contributed by atoms with Crippen LogP contribution in [0.2, 0.25) is 0 Å². The molecular formula is C20H19N3O. The van der Waals surface area contributed by atoms with E-state index in [-0.39, 0.29) is 5.91 Å². The molecule has 4 nitrogen and oxygen atoms in total. The van der Waals surface area contributed by atoms with E-state index in [0.717, 1.165) is 22.6 Å². The number of nitrogens with one attached hydrogen (secondary N) is 1. The van der Waals surface area contributed by atoms with Gasteiger partial charge < -0.3 is 5.32 Å². The number of hydrogen-bond acceptors (Lipinski definition) is 2. The highest BCUT2D eigenvalue weighted by Gasteiger charge is 2.03. The van der Waals surface area contributed by atoms with Gasteiger partial charge >= 0.3 is 0 Å². The average Bonchev–Trinajstić information content (AvgIpc) is 3.01. The molecule has 0 saturated carbocycles. The van der Waals surface area contributed by atoms with E-state index in [2.05, 4.69) is 10.4 Å². The first-order chi connectivity index (χ1) is 11.6. The fraction of sp³-hybridized carbons (Fsp3) is 0.100. The van der Waals surface area contributed by atoms with Crippen molar-refractivity contribution in [3.63, 3.8) is 0 Å². The first-order valence-corrected chi connectivity index (χ1v) is 7.78. The van der Waals surface area contributed by atoms with E-state index in [1.54, 1.807) is 12.3 Å². The summed E-state index contributed by atoms with van der Waals surface area (Å²) in [5, 5.41) is 7.16. The maximum atomic E-state index is 12.1. The van der Waals surface area contributed by atoms with Gasteiger partial charge in [0.2, 0.25) is 5.91 Å². The first kappa shape index (κ1) is 15.7. The van der Waals surface area contributed by atoms with E-state index in [4.69, 9.17) is 0 Å². The van der Waals surface area contributed by atoms with Crippen LogP contribution in [0.3, 0.4) is 0 Å². The summed E-state index contributed by atoms with van der Waals surface area (Å²) < 4.78 is 1.83. The lowest BCUT2D eigenvalue weighted by atomic mass is 10.1. The van der Waals surface area contributed by atoms with Gasteiger partial charge in [-0.15, -0.1) is 0 Å². The fourth-order valence-electron chi connectivity index (χ4n) is 2.39. The number of benzene rings is 2. The number of anilines is 1. The molecule has 0 unspecified atom stereocenters. The Kier molecular flexibility index (Phi) is 4.57. The first-order valence-electron chi connectivity index (χ1n) is 7.78. The maximum absolute atomic E-state index is 12.1. The van der Waals surface area contributed by atoms with Crippen LogP contribution in [0.5, 0.6) is 0 Å². The fourth-order valence-corrected chi connectivity index (χ4v) is 2.39. The van der Waals surface area contributed by atoms with Crippen molar-refractivity contribution in [1.29, 1.82) is 0 Å². The van der Waals surface area contributed by atoms with Gasteiger partial charge in [0, 0.05) is 23.7 Å². The second-order valence-electron chi connectivity index (χ2n) is 5.67. The highest BCUT2D eigenvalue weighted by atomic mass is 16.1. The van der Waals surface area contributed by atoms with Crippen LogP contribution in [0.25, 0.3) is 11.8 Å². The molecule has 120 valence electrons. The topological polar surface area (TPSA) is 46.9 Å². The second-order valence-corrected chi connectivity index (χ2v) is 5.67. The van der Waals surface area contributed by atoms with Gasteiger partial charge in [0.25, 0.3) is 0 Å². The molecule has 1 N–H and O–H groups in total. The van der Waals surface area contributed by atoms with Crippen molar-refractivity contribution in [2.24, 2.45) is 0 Å². The molecule has 24 heavy (non-hydrogen) atoms. The van der Waals surface area contributed by atoms with E-state index in [9.17, 15) is 4.79 Å². The van der Waals surface area contributed by atoms with Crippen molar-refractivity contribution in [2.45, 2.75) is 13.8 Å². The van der Waals surface area contributed by atoms with E-state index in [1.807, 2.05) is 73.1 Å². The third kappa shape index (κ3) is 3.79. The molecular weight excluding hydrogens is 298 g/mol. The van der Waals surface area contributed by atoms with E-state index < -0.39 is 0 Å². The SMILES string of the molecule is Cc1ccc(/C=C/C(=O)Nc2cccc(-n3nccc3C)c2)cc1. The Morgan fingerprint density at radius 2 is 1.88 bits per heavy atom. The number of nitrogens with zero attached hydrogens (tertiary/aromatic N) is 2. The van der Waals surface area contributed by atoms with Crippen LogP contribution >= 0.6 is 0 Å². The van der Waals surface area contributed by atoms with Gasteiger partial charge in [-0.05, 0) is 49.8 Å². The molecule has 2 aromatic carbocycles. The Morgan fingerprint density at radius 1 is 1.08 bits per heavy atom. The number of carbonyl (C=O) groups is 1. The Bertz CT molecular complexity index is 876. The zero-order valence-corrected chi connectivity index (χ0v) is 13.7. The number of carbonyl (C=O) groups excluding carboxylic acids is 1. The van der Waals surface area contributed by atoms with Gasteiger partial charge in [-0.2, -0.15) is 5.10 Å². The van der Waals surface area contributed by atoms with Gasteiger partial charge in [-0.1, -0.05) is 35.9 Å². The third-order valence-corrected chi connectivity index (χ3v) is 3.69. The normalized spacial score (nSPS) is 10.9. The zero-order valence-electron chi connectivity index (χ0n) is 13.7. The smallest absolute Gasteiger partial charge is 0.248 e. The van der Waals surface area contributed by atoms with Crippen molar-refractivity contribution in [1.82, 2.24) is 9.78 Å². The van der Waals surface area contributed by atoms with Crippen molar-refractivity contribution in [3.8, 4) is 5.69 Å². The number of aryl methyl sites for hydroxylation is 2. The lowest BCUT2D eigenvalue weighted by Gasteiger charge is -2.07. The maximum Gasteiger partial charge on any atom is 0.248 e. The second kappa shape index (κ2) is 6.96. The summed E-state index contributed by atoms with van der Waals surface area (Å²) in [6, 6.07) is 17.6. The summed E-state index contributed by atoms with van der Waals surface area (Å²) in [6.07, 6.45) is 5.09. The number of rotatable bonds is 4. The van der Waals surface area contributed by atoms with Crippen LogP contribution in [0.4, 0.5) is 5.69 Å². The Labute approximate surface area is 141 Å². The highest BCUT2D eigenvalue weighted by Crippen LogP contribution is 2.16. The lowest BCUT2D eigenvalue weighted by molar-refractivity contribution is -0.111. The summed E-state index contributed by atoms with van der Waals surface area (Å²) >= 11 is 0. The molecule has 3 rings (SSSR count). The molecule has 0 aliphatic heterocycles. The van der Waals surface area contributed by atoms with Crippen molar-refractivity contribution in [2.75, 3.05) is 5.32 Å². The quantitative estimate of drug-likeness (QED) is 0.735. The van der Waals surface area contributed by atoms with Gasteiger partial charge in [0.05, 0.1) is 5.69 Å². The Morgan fingerprint density at radius 3 is 2.58 bits per heavy atom. The number of hydrogen-bond donors (Lipinski definition) is 1. The number of amides is 1. The highest BCUT2D eigenvalue weighted by molar-refractivity contribution is 6.02. The molecule has 1 amide bonds. The molecule has 0 atom stereocenters. The molecule has 0 fully saturated rings. The predicted molar refractivity (Wildman–Crippen MR) is 97.1 cm³/mol. The van der Waals surface area contributed by atoms with E-state index >= 15 is 0 Å². The summed E-state index contributed by atoms with van der Waals surface area (Å²) in [5.41, 5.74) is 4.88. The summed E-state index contributed by atoms with van der Waals surface area (Å²) in [7, 11) is 0. The van der Waals surface area contributed by atoms with Crippen LogP contribution in [0.1, 0.15) is 16.8 Å². The largest absolute Gasteiger partial charge is 0.322 e. The molecule has 0 aliphatic carbocycles. The van der Waals surface area contributed by atoms with Crippen LogP contribution in [-0.4, -0.2) is 15.7 Å². The molecule has 0 radical (unpaired) electrons. The van der Waals surface area contributed by atoms with Crippen molar-refractivity contribution >= 4 is 17.7 Å². The molecule has 0 spiro atoms. The molecule has 0 bridgehead atoms. The molecule has 0 aliphatic rings. The summed E-state index contributed by atoms with van der Waals surface area (Å²) in [4.78, 5) is 12.1. The molecule has 1 heterocycles. The minimum atomic E-state index is -0.162. The van der Waals surface area contributed by atoms with E-state index in [1.165, 1.54) is 11.6 Å². The van der Waals surface area contributed by atoms with Gasteiger partial charge in [0.1, 0.15) is 0 Å². The predicted octanol–water partition coefficient (Wildman–Crippen LogP) is 4.14. The van der Waals surface area contributed by atoms with Crippen LogP contribution in [0, 0.1) is 13.8 Å². The lowest BCUT2D eigenvalue weighted by Crippen LogP contribution is -2.08. The molecule has 3 aromatic rings. The summed E-state index contributed by atoms with van der Waals surface area (Å²) in [5.74, 6) is -0.162. The third-order valence-electron chi connectivity index (χ3n) is 3.69. The minimum absolute atomic E-state index is 0.162.